The highest BCUT2D eigenvalue weighted by molar-refractivity contribution is 5.92. The highest BCUT2D eigenvalue weighted by Gasteiger charge is 2.17. The molecule has 1 unspecified atom stereocenters. The summed E-state index contributed by atoms with van der Waals surface area (Å²) in [5, 5.41) is 10.7. The van der Waals surface area contributed by atoms with Crippen molar-refractivity contribution in [2.45, 2.75) is 38.1 Å². The lowest BCUT2D eigenvalue weighted by Gasteiger charge is -2.22. The Balaban J connectivity index is 0.00000243. The first-order valence-corrected chi connectivity index (χ1v) is 9.52. The molecule has 0 spiro atoms. The lowest BCUT2D eigenvalue weighted by atomic mass is 10.0. The fourth-order valence-corrected chi connectivity index (χ4v) is 3.35. The first-order chi connectivity index (χ1) is 12.3. The van der Waals surface area contributed by atoms with Crippen molar-refractivity contribution in [1.82, 2.24) is 20.4 Å². The van der Waals surface area contributed by atoms with Gasteiger partial charge in [0, 0.05) is 45.7 Å². The van der Waals surface area contributed by atoms with Gasteiger partial charge >= 0.3 is 0 Å². The Morgan fingerprint density at radius 2 is 2.23 bits per heavy atom. The molecule has 2 aliphatic heterocycles. The van der Waals surface area contributed by atoms with Gasteiger partial charge in [0.15, 0.2) is 0 Å². The largest absolute Gasteiger partial charge is 0.381 e. The molecule has 2 fully saturated rings. The molecule has 0 bridgehead atoms. The van der Waals surface area contributed by atoms with Crippen LogP contribution in [-0.4, -0.2) is 61.7 Å². The summed E-state index contributed by atoms with van der Waals surface area (Å²) >= 11 is 0. The van der Waals surface area contributed by atoms with Crippen LogP contribution >= 0.6 is 12.4 Å². The van der Waals surface area contributed by atoms with Crippen LogP contribution in [0, 0.1) is 5.92 Å². The second-order valence-corrected chi connectivity index (χ2v) is 6.92. The van der Waals surface area contributed by atoms with E-state index in [2.05, 4.69) is 15.7 Å². The van der Waals surface area contributed by atoms with Crippen LogP contribution in [0.3, 0.4) is 0 Å². The topological polar surface area (TPSA) is 77.4 Å². The number of hydrogen-bond donors (Lipinski definition) is 2. The number of nitrogens with one attached hydrogen (secondary N) is 2. The number of rotatable bonds is 8. The van der Waals surface area contributed by atoms with E-state index >= 15 is 0 Å². The molecule has 0 saturated carbocycles. The predicted molar refractivity (Wildman–Crippen MR) is 102 cm³/mol. The molecule has 26 heavy (non-hydrogen) atoms. The zero-order valence-electron chi connectivity index (χ0n) is 15.3. The molecule has 8 heteroatoms. The second kappa shape index (κ2) is 11.5. The van der Waals surface area contributed by atoms with E-state index in [0.717, 1.165) is 65.0 Å². The van der Waals surface area contributed by atoms with Crippen molar-refractivity contribution < 1.29 is 14.3 Å². The van der Waals surface area contributed by atoms with Crippen molar-refractivity contribution in [2.75, 3.05) is 46.1 Å². The number of nitrogens with zero attached hydrogens (tertiary/aromatic N) is 2. The number of carbonyl (C=O) groups is 1. The Kier molecular flexibility index (Phi) is 9.39. The van der Waals surface area contributed by atoms with Crippen LogP contribution in [0.15, 0.2) is 12.3 Å². The van der Waals surface area contributed by atoms with Gasteiger partial charge in [0.1, 0.15) is 5.69 Å². The maximum absolute atomic E-state index is 12.2. The van der Waals surface area contributed by atoms with E-state index in [1.54, 1.807) is 6.07 Å². The standard InChI is InChI=1S/C18H30N4O3.ClH/c23-18(17-4-9-22(21-17)16-3-1-7-19-13-16)20-8-2-10-25-14-15-5-11-24-12-6-15;/h4,9,15-16,19H,1-3,5-8,10-14H2,(H,20,23);1H. The van der Waals surface area contributed by atoms with Crippen molar-refractivity contribution >= 4 is 18.3 Å². The number of hydrogen-bond acceptors (Lipinski definition) is 5. The number of amides is 1. The van der Waals surface area contributed by atoms with Crippen LogP contribution in [0.2, 0.25) is 0 Å². The van der Waals surface area contributed by atoms with Crippen LogP contribution in [-0.2, 0) is 9.47 Å². The molecule has 1 aromatic rings. The van der Waals surface area contributed by atoms with E-state index in [0.29, 0.717) is 30.8 Å². The van der Waals surface area contributed by atoms with Crippen molar-refractivity contribution in [1.29, 1.82) is 0 Å². The van der Waals surface area contributed by atoms with E-state index < -0.39 is 0 Å². The normalized spacial score (nSPS) is 21.2. The minimum Gasteiger partial charge on any atom is -0.381 e. The van der Waals surface area contributed by atoms with E-state index in [-0.39, 0.29) is 18.3 Å². The lowest BCUT2D eigenvalue weighted by molar-refractivity contribution is 0.0202. The van der Waals surface area contributed by atoms with Crippen LogP contribution in [0.25, 0.3) is 0 Å². The maximum atomic E-state index is 12.2. The predicted octanol–water partition coefficient (Wildman–Crippen LogP) is 1.79. The van der Waals surface area contributed by atoms with Crippen LogP contribution in [0.5, 0.6) is 0 Å². The first kappa shape index (κ1) is 21.2. The average molecular weight is 387 g/mol. The molecule has 1 aromatic heterocycles. The molecule has 1 amide bonds. The molecule has 2 saturated heterocycles. The SMILES string of the molecule is Cl.O=C(NCCCOCC1CCOCC1)c1ccn(C2CCCNC2)n1. The van der Waals surface area contributed by atoms with Crippen LogP contribution in [0.4, 0.5) is 0 Å². The Morgan fingerprint density at radius 1 is 1.38 bits per heavy atom. The van der Waals surface area contributed by atoms with Crippen molar-refractivity contribution in [3.05, 3.63) is 18.0 Å². The molecule has 2 N–H and O–H groups in total. The molecule has 148 valence electrons. The van der Waals surface area contributed by atoms with Gasteiger partial charge in [0.2, 0.25) is 0 Å². The Bertz CT molecular complexity index is 528. The van der Waals surface area contributed by atoms with Gasteiger partial charge in [-0.2, -0.15) is 5.10 Å². The quantitative estimate of drug-likeness (QED) is 0.666. The fourth-order valence-electron chi connectivity index (χ4n) is 3.35. The summed E-state index contributed by atoms with van der Waals surface area (Å²) in [6.07, 6.45) is 7.18. The molecule has 0 radical (unpaired) electrons. The molecule has 3 rings (SSSR count). The monoisotopic (exact) mass is 386 g/mol. The van der Waals surface area contributed by atoms with Gasteiger partial charge in [-0.1, -0.05) is 0 Å². The zero-order valence-corrected chi connectivity index (χ0v) is 16.1. The van der Waals surface area contributed by atoms with Crippen LogP contribution < -0.4 is 10.6 Å². The maximum Gasteiger partial charge on any atom is 0.271 e. The molecule has 2 aliphatic rings. The van der Waals surface area contributed by atoms with Gasteiger partial charge in [0.25, 0.3) is 5.91 Å². The second-order valence-electron chi connectivity index (χ2n) is 6.92. The van der Waals surface area contributed by atoms with Gasteiger partial charge in [-0.3, -0.25) is 9.48 Å². The number of aromatic nitrogens is 2. The van der Waals surface area contributed by atoms with Crippen molar-refractivity contribution in [3.8, 4) is 0 Å². The third kappa shape index (κ3) is 6.54. The minimum atomic E-state index is -0.105. The summed E-state index contributed by atoms with van der Waals surface area (Å²) in [4.78, 5) is 12.2. The van der Waals surface area contributed by atoms with Gasteiger partial charge in [-0.05, 0) is 50.6 Å². The van der Waals surface area contributed by atoms with E-state index in [1.165, 1.54) is 0 Å². The highest BCUT2D eigenvalue weighted by atomic mass is 35.5. The van der Waals surface area contributed by atoms with E-state index in [9.17, 15) is 4.79 Å². The van der Waals surface area contributed by atoms with E-state index in [1.807, 2.05) is 10.9 Å². The Labute approximate surface area is 161 Å². The minimum absolute atomic E-state index is 0. The molecule has 0 aliphatic carbocycles. The average Bonchev–Trinajstić information content (AvgIpc) is 3.16. The van der Waals surface area contributed by atoms with Gasteiger partial charge in [0.05, 0.1) is 6.04 Å². The zero-order chi connectivity index (χ0) is 17.3. The van der Waals surface area contributed by atoms with E-state index in [4.69, 9.17) is 9.47 Å². The summed E-state index contributed by atoms with van der Waals surface area (Å²) in [6, 6.07) is 2.15. The lowest BCUT2D eigenvalue weighted by Crippen LogP contribution is -2.32. The van der Waals surface area contributed by atoms with Crippen molar-refractivity contribution in [2.24, 2.45) is 5.92 Å². The van der Waals surface area contributed by atoms with Gasteiger partial charge in [-0.15, -0.1) is 12.4 Å². The molecule has 0 aromatic carbocycles. The van der Waals surface area contributed by atoms with Crippen molar-refractivity contribution in [3.63, 3.8) is 0 Å². The molecular formula is C18H31ClN4O3. The Morgan fingerprint density at radius 3 is 3.00 bits per heavy atom. The first-order valence-electron chi connectivity index (χ1n) is 9.52. The summed E-state index contributed by atoms with van der Waals surface area (Å²) in [5.41, 5.74) is 0.494. The Hall–Kier alpha value is -1.15. The highest BCUT2D eigenvalue weighted by Crippen LogP contribution is 2.16. The number of piperidine rings is 1. The molecular weight excluding hydrogens is 356 g/mol. The number of carbonyl (C=O) groups excluding carboxylic acids is 1. The third-order valence-corrected chi connectivity index (χ3v) is 4.93. The van der Waals surface area contributed by atoms with Gasteiger partial charge in [-0.25, -0.2) is 0 Å². The summed E-state index contributed by atoms with van der Waals surface area (Å²) in [6.45, 7) is 5.80. The summed E-state index contributed by atoms with van der Waals surface area (Å²) in [7, 11) is 0. The third-order valence-electron chi connectivity index (χ3n) is 4.93. The summed E-state index contributed by atoms with van der Waals surface area (Å²) in [5.74, 6) is 0.522. The molecule has 7 nitrogen and oxygen atoms in total. The number of halogens is 1. The van der Waals surface area contributed by atoms with Gasteiger partial charge < -0.3 is 20.1 Å². The summed E-state index contributed by atoms with van der Waals surface area (Å²) < 4.78 is 13.0. The fraction of sp³-hybridized carbons (Fsp3) is 0.778. The number of ether oxygens (including phenoxy) is 2. The molecule has 1 atom stereocenters. The smallest absolute Gasteiger partial charge is 0.271 e. The van der Waals surface area contributed by atoms with Crippen LogP contribution in [0.1, 0.15) is 48.6 Å². The molecule has 3 heterocycles.